The predicted molar refractivity (Wildman–Crippen MR) is 17.4 cm³/mol. The molecule has 3 heteroatoms. The average molecular weight is 158 g/mol. The van der Waals surface area contributed by atoms with Crippen molar-refractivity contribution in [2.75, 3.05) is 0 Å². The molecule has 0 radical (unpaired) electrons. The summed E-state index contributed by atoms with van der Waals surface area (Å²) in [6, 6.07) is 1.71. The van der Waals surface area contributed by atoms with Crippen LogP contribution in [0.1, 0.15) is 0 Å². The van der Waals surface area contributed by atoms with E-state index in [-0.39, 0.29) is 26.2 Å². The van der Waals surface area contributed by atoms with E-state index in [4.69, 9.17) is 0 Å². The van der Waals surface area contributed by atoms with Gasteiger partial charge in [-0.3, -0.25) is 0 Å². The van der Waals surface area contributed by atoms with Crippen LogP contribution in [0.25, 0.3) is 0 Å². The molecule has 0 unspecified atom stereocenters. The van der Waals surface area contributed by atoms with E-state index in [0.29, 0.717) is 0 Å². The van der Waals surface area contributed by atoms with Gasteiger partial charge in [0.2, 0.25) is 0 Å². The number of nitrogens with one attached hydrogen (secondary N) is 1. The maximum absolute atomic E-state index is 3.47. The summed E-state index contributed by atoms with van der Waals surface area (Å²) in [6.45, 7) is 0. The summed E-state index contributed by atoms with van der Waals surface area (Å²) >= 11 is 0. The van der Waals surface area contributed by atoms with Crippen LogP contribution in [0.5, 0.6) is 0 Å². The van der Waals surface area contributed by atoms with E-state index in [1.165, 1.54) is 0 Å². The minimum Gasteiger partial charge on any atom is -0.382 e. The quantitative estimate of drug-likeness (QED) is 0.537. The molecule has 6 heavy (non-hydrogen) atoms. The van der Waals surface area contributed by atoms with Gasteiger partial charge in [0.05, 0.1) is 0 Å². The van der Waals surface area contributed by atoms with Crippen molar-refractivity contribution in [2.24, 2.45) is 0 Å². The van der Waals surface area contributed by atoms with Crippen molar-refractivity contribution >= 4 is 0 Å². The van der Waals surface area contributed by atoms with E-state index in [1.54, 1.807) is 12.3 Å². The summed E-state index contributed by atoms with van der Waals surface area (Å²) < 4.78 is 0. The van der Waals surface area contributed by atoms with Crippen molar-refractivity contribution in [3.05, 3.63) is 18.5 Å². The van der Waals surface area contributed by atoms with Gasteiger partial charge in [0.25, 0.3) is 0 Å². The second-order valence-electron chi connectivity index (χ2n) is 0.703. The van der Waals surface area contributed by atoms with Crippen molar-refractivity contribution in [2.45, 2.75) is 0 Å². The molecule has 1 heterocycles. The predicted octanol–water partition coefficient (Wildman–Crippen LogP) is 0.207. The number of rotatable bonds is 0. The zero-order valence-electron chi connectivity index (χ0n) is 3.10. The van der Waals surface area contributed by atoms with E-state index < -0.39 is 0 Å². The van der Waals surface area contributed by atoms with Gasteiger partial charge in [-0.25, -0.2) is 0 Å². The second kappa shape index (κ2) is 3.29. The van der Waals surface area contributed by atoms with Gasteiger partial charge in [0.1, 0.15) is 0 Å². The number of H-pyrrole nitrogens is 1. The van der Waals surface area contributed by atoms with Gasteiger partial charge in [0, 0.05) is 26.2 Å². The van der Waals surface area contributed by atoms with Crippen molar-refractivity contribution in [1.29, 1.82) is 0 Å². The number of hydrogen-bond acceptors (Lipinski definition) is 1. The summed E-state index contributed by atoms with van der Waals surface area (Å²) in [5.41, 5.74) is 0. The Labute approximate surface area is 55.1 Å². The van der Waals surface area contributed by atoms with Crippen LogP contribution >= 0.6 is 0 Å². The molecule has 1 N–H and O–H groups in total. The summed E-state index contributed by atoms with van der Waals surface area (Å²) in [6.07, 6.45) is 4.26. The molecule has 0 spiro atoms. The fourth-order valence-corrected chi connectivity index (χ4v) is 0.186. The van der Waals surface area contributed by atoms with Gasteiger partial charge in [-0.1, -0.05) is 0 Å². The summed E-state index contributed by atoms with van der Waals surface area (Å²) in [7, 11) is 0. The first-order chi connectivity index (χ1) is 2.50. The Morgan fingerprint density at radius 3 is 2.67 bits per heavy atom. The standard InChI is InChI=1S/C3H3N2.Zr/c1-2-4-5-3-1;/h1-2H,(H,4,5);/q-1;. The molecule has 0 atom stereocenters. The minimum atomic E-state index is 0. The molecule has 0 amide bonds. The first-order valence-corrected chi connectivity index (χ1v) is 1.36. The fourth-order valence-electron chi connectivity index (χ4n) is 0.186. The van der Waals surface area contributed by atoms with Gasteiger partial charge in [-0.2, -0.15) is 6.07 Å². The van der Waals surface area contributed by atoms with E-state index in [1.807, 2.05) is 0 Å². The average Bonchev–Trinajstić information content (AvgIpc) is 1.76. The fraction of sp³-hybridized carbons (Fsp3) is 0. The van der Waals surface area contributed by atoms with Crippen LogP contribution in [0.2, 0.25) is 0 Å². The molecule has 0 aliphatic heterocycles. The Morgan fingerprint density at radius 2 is 2.50 bits per heavy atom. The van der Waals surface area contributed by atoms with Crippen molar-refractivity contribution in [3.63, 3.8) is 0 Å². The molecule has 2 nitrogen and oxygen atoms in total. The largest absolute Gasteiger partial charge is 0.382 e. The van der Waals surface area contributed by atoms with Crippen molar-refractivity contribution in [1.82, 2.24) is 10.2 Å². The van der Waals surface area contributed by atoms with Crippen LogP contribution in [0.3, 0.4) is 0 Å². The smallest absolute Gasteiger partial charge is 0 e. The van der Waals surface area contributed by atoms with Crippen molar-refractivity contribution < 1.29 is 26.2 Å². The molecule has 1 aromatic heterocycles. The Kier molecular flexibility index (Phi) is 3.34. The molecule has 30 valence electrons. The topological polar surface area (TPSA) is 28.7 Å². The number of hydrogen-bond donors (Lipinski definition) is 1. The number of nitrogens with zero attached hydrogens (tertiary/aromatic N) is 1. The zero-order chi connectivity index (χ0) is 3.54. The van der Waals surface area contributed by atoms with E-state index in [2.05, 4.69) is 16.4 Å². The summed E-state index contributed by atoms with van der Waals surface area (Å²) in [4.78, 5) is 0. The maximum Gasteiger partial charge on any atom is 0 e. The molecule has 1 aromatic rings. The normalized spacial score (nSPS) is 6.67. The Hall–Kier alpha value is 0.0931. The SMILES string of the molecule is [Zr].[c-]1cc[nH]n1. The van der Waals surface area contributed by atoms with Crippen LogP contribution in [0, 0.1) is 6.20 Å². The second-order valence-corrected chi connectivity index (χ2v) is 0.703. The monoisotopic (exact) mass is 157 g/mol. The zero-order valence-corrected chi connectivity index (χ0v) is 5.56. The molecule has 0 bridgehead atoms. The first-order valence-electron chi connectivity index (χ1n) is 1.36. The molecule has 0 aromatic carbocycles. The summed E-state index contributed by atoms with van der Waals surface area (Å²) in [5, 5.41) is 6.03. The Morgan fingerprint density at radius 1 is 1.67 bits per heavy atom. The van der Waals surface area contributed by atoms with E-state index in [0.717, 1.165) is 0 Å². The Balaban J connectivity index is 0.000000250. The minimum absolute atomic E-state index is 0. The third-order valence-electron chi connectivity index (χ3n) is 0.362. The summed E-state index contributed by atoms with van der Waals surface area (Å²) in [5.74, 6) is 0. The molecule has 0 saturated carbocycles. The van der Waals surface area contributed by atoms with Gasteiger partial charge in [-0.05, 0) is 0 Å². The molecule has 0 saturated heterocycles. The van der Waals surface area contributed by atoms with Crippen LogP contribution in [0.15, 0.2) is 12.3 Å². The number of aromatic nitrogens is 2. The molecule has 0 aliphatic rings. The number of aromatic amines is 1. The maximum atomic E-state index is 3.47. The Bertz CT molecular complexity index is 65.3. The van der Waals surface area contributed by atoms with Crippen molar-refractivity contribution in [3.8, 4) is 0 Å². The molecular formula is C3H3N2Zr-. The van der Waals surface area contributed by atoms with Gasteiger partial charge < -0.3 is 10.2 Å². The van der Waals surface area contributed by atoms with E-state index >= 15 is 0 Å². The van der Waals surface area contributed by atoms with Gasteiger partial charge >= 0.3 is 0 Å². The van der Waals surface area contributed by atoms with Gasteiger partial charge in [0.15, 0.2) is 0 Å². The van der Waals surface area contributed by atoms with Crippen LogP contribution in [0.4, 0.5) is 0 Å². The molecule has 1 rings (SSSR count). The van der Waals surface area contributed by atoms with E-state index in [9.17, 15) is 0 Å². The molecule has 0 fully saturated rings. The third-order valence-corrected chi connectivity index (χ3v) is 0.362. The third kappa shape index (κ3) is 1.51. The van der Waals surface area contributed by atoms with Crippen LogP contribution in [-0.2, 0) is 26.2 Å². The van der Waals surface area contributed by atoms with Crippen LogP contribution in [-0.4, -0.2) is 10.2 Å². The first kappa shape index (κ1) is 6.09. The van der Waals surface area contributed by atoms with Crippen LogP contribution < -0.4 is 0 Å². The molecular weight excluding hydrogens is 155 g/mol. The van der Waals surface area contributed by atoms with Gasteiger partial charge in [-0.15, -0.1) is 12.4 Å². The molecule has 0 aliphatic carbocycles.